The highest BCUT2D eigenvalue weighted by molar-refractivity contribution is 7.97. The highest BCUT2D eigenvalue weighted by Crippen LogP contribution is 2.57. The first kappa shape index (κ1) is 22.7. The molecule has 6 atom stereocenters. The molecule has 0 bridgehead atoms. The highest BCUT2D eigenvalue weighted by atomic mass is 35.5. The number of aliphatic hydroxyl groups excluding tert-OH is 2. The molecule has 0 radical (unpaired) electrons. The third kappa shape index (κ3) is 4.23. The van der Waals surface area contributed by atoms with E-state index in [4.69, 9.17) is 26.1 Å². The van der Waals surface area contributed by atoms with Gasteiger partial charge < -0.3 is 29.3 Å². The number of hydrogen-bond acceptors (Lipinski definition) is 8. The number of aromatic nitrogens is 3. The summed E-state index contributed by atoms with van der Waals surface area (Å²) in [6.45, 7) is 0. The van der Waals surface area contributed by atoms with Crippen molar-refractivity contribution in [2.75, 3.05) is 11.2 Å². The summed E-state index contributed by atoms with van der Waals surface area (Å²) in [7, 11) is -9.08. The highest BCUT2D eigenvalue weighted by Gasteiger charge is 2.48. The molecule has 0 spiro atoms. The lowest BCUT2D eigenvalue weighted by atomic mass is 9.97. The second-order valence-corrected chi connectivity index (χ2v) is 13.5. The Balaban J connectivity index is 1.43. The first-order valence-corrected chi connectivity index (χ1v) is 14.2. The summed E-state index contributed by atoms with van der Waals surface area (Å²) in [5.41, 5.74) is -0.134. The van der Waals surface area contributed by atoms with Gasteiger partial charge in [-0.05, 0) is 48.8 Å². The smallest absolute Gasteiger partial charge is 0.340 e. The van der Waals surface area contributed by atoms with Crippen LogP contribution in [0.25, 0.3) is 11.0 Å². The predicted octanol–water partition coefficient (Wildman–Crippen LogP) is 0.767. The Hall–Kier alpha value is -1.11. The van der Waals surface area contributed by atoms with E-state index in [1.165, 1.54) is 11.0 Å². The van der Waals surface area contributed by atoms with Crippen molar-refractivity contribution in [1.82, 2.24) is 14.5 Å². The lowest BCUT2D eigenvalue weighted by Gasteiger charge is -2.18. The predicted molar refractivity (Wildman–Crippen MR) is 113 cm³/mol. The van der Waals surface area contributed by atoms with Crippen LogP contribution in [0, 0.1) is 11.8 Å². The maximum atomic E-state index is 12.1. The quantitative estimate of drug-likeness (QED) is 0.323. The molecule has 5 rings (SSSR count). The van der Waals surface area contributed by atoms with Gasteiger partial charge in [-0.1, -0.05) is 0 Å². The summed E-state index contributed by atoms with van der Waals surface area (Å²) in [4.78, 5) is 26.7. The summed E-state index contributed by atoms with van der Waals surface area (Å²) in [6.07, 6.45) is -0.650. The molecule has 2 aliphatic carbocycles. The van der Waals surface area contributed by atoms with E-state index in [0.29, 0.717) is 5.65 Å². The van der Waals surface area contributed by atoms with E-state index < -0.39 is 53.2 Å². The van der Waals surface area contributed by atoms with Crippen LogP contribution in [0.3, 0.4) is 0 Å². The molecule has 3 aliphatic rings. The van der Waals surface area contributed by atoms with E-state index in [1.54, 1.807) is 12.3 Å². The third-order valence-corrected chi connectivity index (χ3v) is 10.5. The number of nitrogens with zero attached hydrogens (tertiary/aromatic N) is 3. The molecule has 32 heavy (non-hydrogen) atoms. The first-order chi connectivity index (χ1) is 14.9. The molecule has 1 aliphatic heterocycles. The van der Waals surface area contributed by atoms with Crippen molar-refractivity contribution in [2.24, 2.45) is 11.8 Å². The van der Waals surface area contributed by atoms with Gasteiger partial charge in [0.15, 0.2) is 21.6 Å². The Labute approximate surface area is 188 Å². The molecule has 1 saturated heterocycles. The van der Waals surface area contributed by atoms with Crippen LogP contribution in [0.5, 0.6) is 0 Å². The molecule has 176 valence electrons. The number of fused-ring (bicyclic) bond motifs is 2. The molecule has 2 aromatic heterocycles. The second kappa shape index (κ2) is 7.71. The lowest BCUT2D eigenvalue weighted by molar-refractivity contribution is -0.0288. The van der Waals surface area contributed by atoms with Crippen molar-refractivity contribution in [2.45, 2.75) is 49.7 Å². The number of ether oxygens (including phenoxy) is 1. The molecule has 3 fully saturated rings. The Bertz CT molecular complexity index is 1210. The zero-order chi connectivity index (χ0) is 23.0. The number of sulfone groups is 1. The molecule has 0 aromatic carbocycles. The van der Waals surface area contributed by atoms with Gasteiger partial charge in [-0.3, -0.25) is 4.57 Å². The lowest BCUT2D eigenvalue weighted by Crippen LogP contribution is -2.35. The third-order valence-electron chi connectivity index (χ3n) is 6.60. The Kier molecular flexibility index (Phi) is 5.46. The molecular weight excluding hydrogens is 485 g/mol. The van der Waals surface area contributed by atoms with E-state index in [2.05, 4.69) is 9.97 Å². The van der Waals surface area contributed by atoms with Crippen LogP contribution in [0.15, 0.2) is 12.3 Å². The summed E-state index contributed by atoms with van der Waals surface area (Å²) in [5.74, 6) is 0.884. The van der Waals surface area contributed by atoms with Crippen LogP contribution < -0.4 is 0 Å². The fourth-order valence-corrected chi connectivity index (χ4v) is 8.56. The van der Waals surface area contributed by atoms with Gasteiger partial charge in [-0.15, -0.1) is 0 Å². The molecule has 11 nitrogen and oxygen atoms in total. The fraction of sp³-hybridized carbons (Fsp3) is 0.667. The standard InChI is InChI=1S/C18H23ClN3O8PS/c19-18-20-13(10-4-8-3-9(8)5-10)11-1-2-22(16(11)21-18)17-15(24)14(23)12(30-17)6-32(28,29)7-31(25,26)27/h1-2,8-10,12,14-15,17,23-24H,3-7H2,(H2,25,26,27)/t8?,9?,10?,12-,14-,15-,17-/m1/s1. The Morgan fingerprint density at radius 1 is 1.16 bits per heavy atom. The van der Waals surface area contributed by atoms with Crippen molar-refractivity contribution in [1.29, 1.82) is 0 Å². The molecule has 2 unspecified atom stereocenters. The minimum absolute atomic E-state index is 0.0434. The van der Waals surface area contributed by atoms with Crippen LogP contribution in [-0.2, 0) is 19.1 Å². The van der Waals surface area contributed by atoms with Crippen LogP contribution in [-0.4, -0.2) is 72.5 Å². The van der Waals surface area contributed by atoms with Crippen molar-refractivity contribution >= 4 is 40.1 Å². The summed E-state index contributed by atoms with van der Waals surface area (Å²) < 4.78 is 42.4. The van der Waals surface area contributed by atoms with E-state index in [1.807, 2.05) is 0 Å². The van der Waals surface area contributed by atoms with Crippen molar-refractivity contribution in [3.63, 3.8) is 0 Å². The normalized spacial score (nSPS) is 34.8. The molecule has 0 amide bonds. The van der Waals surface area contributed by atoms with E-state index >= 15 is 0 Å². The first-order valence-electron chi connectivity index (χ1n) is 10.2. The van der Waals surface area contributed by atoms with E-state index in [0.717, 1.165) is 35.8 Å². The topological polar surface area (TPSA) is 172 Å². The average molecular weight is 508 g/mol. The van der Waals surface area contributed by atoms with E-state index in [9.17, 15) is 23.2 Å². The van der Waals surface area contributed by atoms with Gasteiger partial charge in [-0.2, -0.15) is 4.98 Å². The van der Waals surface area contributed by atoms with Crippen LogP contribution >= 0.6 is 19.2 Å². The van der Waals surface area contributed by atoms with Crippen molar-refractivity contribution in [3.05, 3.63) is 23.2 Å². The SMILES string of the molecule is O=P(O)(O)CS(=O)(=O)C[C@H]1O[C@@H](n2ccc3c(C4CC5CC5C4)nc(Cl)nc32)[C@H](O)[C@@H]1O. The van der Waals surface area contributed by atoms with Gasteiger partial charge in [0.05, 0.1) is 11.4 Å². The summed E-state index contributed by atoms with van der Waals surface area (Å²) >= 11 is 6.19. The number of halogens is 1. The van der Waals surface area contributed by atoms with Crippen molar-refractivity contribution < 1.29 is 37.7 Å². The zero-order valence-electron chi connectivity index (χ0n) is 16.7. The van der Waals surface area contributed by atoms with Crippen LogP contribution in [0.2, 0.25) is 5.28 Å². The van der Waals surface area contributed by atoms with Gasteiger partial charge in [0, 0.05) is 17.5 Å². The molecule has 14 heteroatoms. The number of rotatable bonds is 6. The van der Waals surface area contributed by atoms with Crippen LogP contribution in [0.4, 0.5) is 0 Å². The molecule has 2 aromatic rings. The molecule has 2 saturated carbocycles. The minimum Gasteiger partial charge on any atom is -0.387 e. The maximum Gasteiger partial charge on any atom is 0.340 e. The van der Waals surface area contributed by atoms with Gasteiger partial charge >= 0.3 is 7.60 Å². The Morgan fingerprint density at radius 2 is 1.84 bits per heavy atom. The molecular formula is C18H23ClN3O8PS. The maximum absolute atomic E-state index is 12.1. The zero-order valence-corrected chi connectivity index (χ0v) is 19.2. The fourth-order valence-electron chi connectivity index (χ4n) is 5.14. The number of aliphatic hydroxyl groups is 2. The Morgan fingerprint density at radius 3 is 2.50 bits per heavy atom. The number of hydrogen-bond donors (Lipinski definition) is 4. The van der Waals surface area contributed by atoms with Crippen molar-refractivity contribution in [3.8, 4) is 0 Å². The minimum atomic E-state index is -4.82. The molecule has 3 heterocycles. The van der Waals surface area contributed by atoms with Crippen LogP contribution in [0.1, 0.15) is 37.1 Å². The van der Waals surface area contributed by atoms with Gasteiger partial charge in [0.1, 0.15) is 24.0 Å². The summed E-state index contributed by atoms with van der Waals surface area (Å²) in [6, 6.07) is 1.78. The largest absolute Gasteiger partial charge is 0.387 e. The van der Waals surface area contributed by atoms with Gasteiger partial charge in [-0.25, -0.2) is 13.4 Å². The second-order valence-electron chi connectivity index (χ2n) is 9.01. The summed E-state index contributed by atoms with van der Waals surface area (Å²) in [5, 5.41) is 21.7. The van der Waals surface area contributed by atoms with Gasteiger partial charge in [0.2, 0.25) is 5.28 Å². The average Bonchev–Trinajstić information content (AvgIpc) is 2.97. The monoisotopic (exact) mass is 507 g/mol. The van der Waals surface area contributed by atoms with E-state index in [-0.39, 0.29) is 11.2 Å². The molecule has 4 N–H and O–H groups in total. The van der Waals surface area contributed by atoms with Gasteiger partial charge in [0.25, 0.3) is 0 Å².